The molecular weight excluding hydrogens is 317 g/mol. The summed E-state index contributed by atoms with van der Waals surface area (Å²) >= 11 is 7.76. The number of aromatic nitrogens is 2. The summed E-state index contributed by atoms with van der Waals surface area (Å²) in [4.78, 5) is 3.46. The Kier molecular flexibility index (Phi) is 3.97. The molecule has 1 aromatic rings. The van der Waals surface area contributed by atoms with E-state index in [4.69, 9.17) is 11.6 Å². The SMILES string of the molecule is CB(O)N1C2CC[C@H]1C[C@H](C1=CCSc3cc(Cl)nnc31)C2. The third kappa shape index (κ3) is 2.50. The molecule has 116 valence electrons. The van der Waals surface area contributed by atoms with Gasteiger partial charge < -0.3 is 9.83 Å². The highest BCUT2D eigenvalue weighted by Crippen LogP contribution is 2.46. The van der Waals surface area contributed by atoms with Crippen molar-refractivity contribution in [2.24, 2.45) is 5.92 Å². The predicted octanol–water partition coefficient (Wildman–Crippen LogP) is 2.97. The van der Waals surface area contributed by atoms with Gasteiger partial charge in [0.2, 0.25) is 0 Å². The molecule has 3 aliphatic heterocycles. The Morgan fingerprint density at radius 2 is 2.05 bits per heavy atom. The fraction of sp³-hybridized carbons (Fsp3) is 0.600. The lowest BCUT2D eigenvalue weighted by Crippen LogP contribution is -2.50. The number of thioether (sulfide) groups is 1. The third-order valence-electron chi connectivity index (χ3n) is 5.21. The van der Waals surface area contributed by atoms with Crippen LogP contribution in [-0.2, 0) is 0 Å². The summed E-state index contributed by atoms with van der Waals surface area (Å²) in [5.41, 5.74) is 2.37. The molecule has 1 N–H and O–H groups in total. The first-order valence-electron chi connectivity index (χ1n) is 7.95. The van der Waals surface area contributed by atoms with Crippen molar-refractivity contribution in [2.45, 2.75) is 49.5 Å². The minimum Gasteiger partial charge on any atom is -0.437 e. The first kappa shape index (κ1) is 15.0. The van der Waals surface area contributed by atoms with Crippen molar-refractivity contribution in [3.05, 3.63) is 23.0 Å². The molecule has 2 saturated heterocycles. The van der Waals surface area contributed by atoms with Crippen molar-refractivity contribution < 1.29 is 5.02 Å². The molecule has 4 nitrogen and oxygen atoms in total. The summed E-state index contributed by atoms with van der Waals surface area (Å²) in [6.45, 7) is 1.89. The van der Waals surface area contributed by atoms with E-state index in [2.05, 4.69) is 21.1 Å². The maximum atomic E-state index is 10.0. The highest BCUT2D eigenvalue weighted by molar-refractivity contribution is 7.99. The molecule has 0 amide bonds. The zero-order valence-corrected chi connectivity index (χ0v) is 14.1. The lowest BCUT2D eigenvalue weighted by Gasteiger charge is -2.41. The molecule has 0 aliphatic carbocycles. The number of hydrogen-bond donors (Lipinski definition) is 1. The number of piperidine rings is 1. The largest absolute Gasteiger partial charge is 0.437 e. The summed E-state index contributed by atoms with van der Waals surface area (Å²) in [5.74, 6) is 1.51. The normalized spacial score (nSPS) is 30.9. The second kappa shape index (κ2) is 5.82. The van der Waals surface area contributed by atoms with Gasteiger partial charge in [-0.15, -0.1) is 22.0 Å². The molecule has 1 unspecified atom stereocenters. The molecule has 22 heavy (non-hydrogen) atoms. The van der Waals surface area contributed by atoms with Gasteiger partial charge in [0.1, 0.15) is 5.69 Å². The maximum Gasteiger partial charge on any atom is 0.376 e. The van der Waals surface area contributed by atoms with Crippen molar-refractivity contribution in [1.82, 2.24) is 15.0 Å². The summed E-state index contributed by atoms with van der Waals surface area (Å²) in [6.07, 6.45) is 6.95. The molecule has 4 rings (SSSR count). The van der Waals surface area contributed by atoms with Crippen LogP contribution >= 0.6 is 23.4 Å². The zero-order chi connectivity index (χ0) is 15.3. The Hall–Kier alpha value is -0.555. The smallest absolute Gasteiger partial charge is 0.376 e. The summed E-state index contributed by atoms with van der Waals surface area (Å²) in [5, 5.41) is 18.9. The second-order valence-electron chi connectivity index (χ2n) is 6.48. The Balaban J connectivity index is 1.61. The average molecular weight is 336 g/mol. The van der Waals surface area contributed by atoms with Gasteiger partial charge in [-0.2, -0.15) is 0 Å². The van der Waals surface area contributed by atoms with Crippen LogP contribution in [-0.4, -0.2) is 44.9 Å². The number of nitrogens with zero attached hydrogens (tertiary/aromatic N) is 3. The zero-order valence-electron chi connectivity index (χ0n) is 12.6. The first-order valence-corrected chi connectivity index (χ1v) is 9.32. The van der Waals surface area contributed by atoms with E-state index in [9.17, 15) is 5.02 Å². The van der Waals surface area contributed by atoms with Crippen LogP contribution in [0.5, 0.6) is 0 Å². The van der Waals surface area contributed by atoms with Gasteiger partial charge in [-0.3, -0.25) is 0 Å². The van der Waals surface area contributed by atoms with E-state index in [1.54, 1.807) is 11.8 Å². The van der Waals surface area contributed by atoms with Gasteiger partial charge in [-0.25, -0.2) is 0 Å². The number of halogens is 1. The number of fused-ring (bicyclic) bond motifs is 3. The van der Waals surface area contributed by atoms with Gasteiger partial charge in [0, 0.05) is 22.7 Å². The van der Waals surface area contributed by atoms with Crippen LogP contribution in [0, 0.1) is 5.92 Å². The lowest BCUT2D eigenvalue weighted by atomic mass is 9.75. The summed E-state index contributed by atoms with van der Waals surface area (Å²) < 4.78 is 0. The predicted molar refractivity (Wildman–Crippen MR) is 91.0 cm³/mol. The first-order chi connectivity index (χ1) is 10.6. The third-order valence-corrected chi connectivity index (χ3v) is 6.35. The Bertz CT molecular complexity index is 613. The van der Waals surface area contributed by atoms with Crippen LogP contribution < -0.4 is 0 Å². The van der Waals surface area contributed by atoms with Crippen molar-refractivity contribution in [2.75, 3.05) is 5.75 Å². The molecular formula is C15H19BClN3OS. The Morgan fingerprint density at radius 3 is 2.73 bits per heavy atom. The Labute approximate surface area is 140 Å². The molecule has 2 fully saturated rings. The van der Waals surface area contributed by atoms with Gasteiger partial charge in [-0.1, -0.05) is 17.7 Å². The van der Waals surface area contributed by atoms with Crippen molar-refractivity contribution >= 4 is 36.0 Å². The molecule has 7 heteroatoms. The van der Waals surface area contributed by atoms with Crippen LogP contribution in [0.25, 0.3) is 5.57 Å². The number of rotatable bonds is 2. The van der Waals surface area contributed by atoms with Crippen LogP contribution in [0.3, 0.4) is 0 Å². The molecule has 0 radical (unpaired) electrons. The van der Waals surface area contributed by atoms with Gasteiger partial charge in [0.05, 0.1) is 0 Å². The van der Waals surface area contributed by atoms with Crippen LogP contribution in [0.1, 0.15) is 31.4 Å². The highest BCUT2D eigenvalue weighted by atomic mass is 35.5. The van der Waals surface area contributed by atoms with Crippen LogP contribution in [0.4, 0.5) is 0 Å². The average Bonchev–Trinajstić information content (AvgIpc) is 2.77. The van der Waals surface area contributed by atoms with E-state index in [0.29, 0.717) is 23.2 Å². The fourth-order valence-electron chi connectivity index (χ4n) is 4.42. The Morgan fingerprint density at radius 1 is 1.32 bits per heavy atom. The minimum absolute atomic E-state index is 0.333. The van der Waals surface area contributed by atoms with Crippen LogP contribution in [0.15, 0.2) is 17.0 Å². The van der Waals surface area contributed by atoms with E-state index in [-0.39, 0.29) is 7.05 Å². The standard InChI is InChI=1S/C15H19BClN3OS/c1-16(21)20-10-2-3-11(20)7-9(6-10)12-4-5-22-13-8-14(17)18-19-15(12)13/h4,8-11,21H,2-3,5-7H2,1H3/t9-,10-,11?/m0/s1. The quantitative estimate of drug-likeness (QED) is 0.842. The van der Waals surface area contributed by atoms with E-state index >= 15 is 0 Å². The molecule has 3 atom stereocenters. The topological polar surface area (TPSA) is 49.2 Å². The second-order valence-corrected chi connectivity index (χ2v) is 7.93. The molecule has 2 bridgehead atoms. The van der Waals surface area contributed by atoms with E-state index < -0.39 is 0 Å². The van der Waals surface area contributed by atoms with Crippen LogP contribution in [0.2, 0.25) is 12.0 Å². The van der Waals surface area contributed by atoms with Gasteiger partial charge in [0.25, 0.3) is 0 Å². The van der Waals surface area contributed by atoms with Crippen molar-refractivity contribution in [1.29, 1.82) is 0 Å². The molecule has 0 saturated carbocycles. The lowest BCUT2D eigenvalue weighted by molar-refractivity contribution is 0.193. The molecule has 0 spiro atoms. The number of allylic oxidation sites excluding steroid dienone is 1. The molecule has 0 aromatic carbocycles. The fourth-order valence-corrected chi connectivity index (χ4v) is 5.56. The summed E-state index contributed by atoms with van der Waals surface area (Å²) in [7, 11) is -0.333. The summed E-state index contributed by atoms with van der Waals surface area (Å²) in [6, 6.07) is 2.94. The minimum atomic E-state index is -0.333. The van der Waals surface area contributed by atoms with Gasteiger partial charge in [0.15, 0.2) is 5.15 Å². The monoisotopic (exact) mass is 335 g/mol. The van der Waals surface area contributed by atoms with Gasteiger partial charge in [-0.05, 0) is 50.1 Å². The number of hydrogen-bond acceptors (Lipinski definition) is 5. The maximum absolute atomic E-state index is 10.0. The van der Waals surface area contributed by atoms with E-state index in [1.807, 2.05) is 12.9 Å². The van der Waals surface area contributed by atoms with E-state index in [1.165, 1.54) is 18.4 Å². The van der Waals surface area contributed by atoms with Crippen molar-refractivity contribution in [3.63, 3.8) is 0 Å². The van der Waals surface area contributed by atoms with E-state index in [0.717, 1.165) is 29.2 Å². The van der Waals surface area contributed by atoms with Crippen molar-refractivity contribution in [3.8, 4) is 0 Å². The van der Waals surface area contributed by atoms with Gasteiger partial charge >= 0.3 is 7.05 Å². The molecule has 4 heterocycles. The highest BCUT2D eigenvalue weighted by Gasteiger charge is 2.44. The molecule has 3 aliphatic rings. The molecule has 1 aromatic heterocycles.